The van der Waals surface area contributed by atoms with Crippen molar-refractivity contribution in [3.8, 4) is 0 Å². The van der Waals surface area contributed by atoms with Crippen LogP contribution in [0.25, 0.3) is 0 Å². The van der Waals surface area contributed by atoms with Crippen LogP contribution in [0.1, 0.15) is 47.0 Å². The van der Waals surface area contributed by atoms with Gasteiger partial charge in [-0.05, 0) is 19.3 Å². The van der Waals surface area contributed by atoms with Crippen molar-refractivity contribution in [3.05, 3.63) is 0 Å². The summed E-state index contributed by atoms with van der Waals surface area (Å²) < 4.78 is 28.3. The van der Waals surface area contributed by atoms with Gasteiger partial charge in [0.25, 0.3) is 0 Å². The Morgan fingerprint density at radius 1 is 0.767 bits per heavy atom. The van der Waals surface area contributed by atoms with Gasteiger partial charge in [0.1, 0.15) is 12.7 Å². The predicted molar refractivity (Wildman–Crippen MR) is 102 cm³/mol. The summed E-state index contributed by atoms with van der Waals surface area (Å²) in [5.74, 6) is -2.36. The van der Waals surface area contributed by atoms with Crippen LogP contribution in [0.15, 0.2) is 0 Å². The van der Waals surface area contributed by atoms with Crippen LogP contribution in [-0.2, 0) is 42.9 Å². The molecule has 0 aromatic rings. The van der Waals surface area contributed by atoms with Crippen molar-refractivity contribution in [2.24, 2.45) is 0 Å². The molecule has 10 nitrogen and oxygen atoms in total. The Morgan fingerprint density at radius 3 is 1.77 bits per heavy atom. The monoisotopic (exact) mass is 430 g/mol. The van der Waals surface area contributed by atoms with Crippen molar-refractivity contribution < 1.29 is 47.3 Å². The zero-order chi connectivity index (χ0) is 22.5. The van der Waals surface area contributed by atoms with Crippen LogP contribution >= 0.6 is 0 Å². The Bertz CT molecular complexity index is 659. The van der Waals surface area contributed by atoms with Gasteiger partial charge >= 0.3 is 23.9 Å². The van der Waals surface area contributed by atoms with Gasteiger partial charge < -0.3 is 23.7 Å². The number of esters is 4. The van der Waals surface area contributed by atoms with Crippen molar-refractivity contribution >= 4 is 23.9 Å². The number of hydrogen-bond donors (Lipinski definition) is 0. The van der Waals surface area contributed by atoms with Crippen LogP contribution in [0.4, 0.5) is 0 Å². The molecule has 0 bridgehead atoms. The maximum Gasteiger partial charge on any atom is 0.303 e. The molecule has 5 atom stereocenters. The summed E-state index contributed by atoms with van der Waals surface area (Å²) >= 11 is 0. The molecule has 0 radical (unpaired) electrons. The van der Waals surface area contributed by atoms with Gasteiger partial charge in [-0.1, -0.05) is 0 Å². The zero-order valence-corrected chi connectivity index (χ0v) is 18.3. The minimum Gasteiger partial charge on any atom is -0.463 e. The molecule has 10 heteroatoms. The number of likely N-dealkylation sites (tertiary alicyclic amines) is 1. The standard InChI is InChI=1S/C20H32NO9/c1-12(22)26-11-16-17(27-13(2)23)18(28-14(3)24)19(29-15(4)25)20(30-16)21(5)9-7-6-8-10-21/h16-20H,6-11H2,1-5H3/q+1/t16-,17-,18+,19-,20-/m1/s1. The molecular formula is C20H32NO9+. The normalized spacial score (nSPS) is 30.6. The van der Waals surface area contributed by atoms with E-state index in [1.165, 1.54) is 27.7 Å². The van der Waals surface area contributed by atoms with Crippen LogP contribution < -0.4 is 0 Å². The molecule has 0 amide bonds. The largest absolute Gasteiger partial charge is 0.463 e. The average Bonchev–Trinajstić information content (AvgIpc) is 2.62. The van der Waals surface area contributed by atoms with Crippen molar-refractivity contribution in [1.29, 1.82) is 0 Å². The summed E-state index contributed by atoms with van der Waals surface area (Å²) in [5, 5.41) is 0. The van der Waals surface area contributed by atoms with E-state index in [9.17, 15) is 19.2 Å². The first-order chi connectivity index (χ1) is 14.0. The van der Waals surface area contributed by atoms with Gasteiger partial charge in [-0.15, -0.1) is 0 Å². The van der Waals surface area contributed by atoms with E-state index in [0.29, 0.717) is 4.48 Å². The number of quaternary nitrogens is 1. The van der Waals surface area contributed by atoms with Crippen molar-refractivity contribution in [3.63, 3.8) is 0 Å². The predicted octanol–water partition coefficient (Wildman–Crippen LogP) is 0.700. The van der Waals surface area contributed by atoms with Gasteiger partial charge in [0.05, 0.1) is 20.1 Å². The quantitative estimate of drug-likeness (QED) is 0.341. The molecule has 0 aromatic carbocycles. The highest BCUT2D eigenvalue weighted by Crippen LogP contribution is 2.35. The third-order valence-corrected chi connectivity index (χ3v) is 5.42. The van der Waals surface area contributed by atoms with Crippen molar-refractivity contribution in [2.75, 3.05) is 26.7 Å². The summed E-state index contributed by atoms with van der Waals surface area (Å²) in [7, 11) is 1.99. The van der Waals surface area contributed by atoms with E-state index in [4.69, 9.17) is 23.7 Å². The van der Waals surface area contributed by atoms with Gasteiger partial charge in [0.2, 0.25) is 12.3 Å². The molecule has 0 spiro atoms. The van der Waals surface area contributed by atoms with E-state index in [0.717, 1.165) is 32.4 Å². The van der Waals surface area contributed by atoms with Gasteiger partial charge in [-0.3, -0.25) is 23.7 Å². The van der Waals surface area contributed by atoms with E-state index in [2.05, 4.69) is 0 Å². The molecule has 2 saturated heterocycles. The number of rotatable bonds is 6. The van der Waals surface area contributed by atoms with E-state index in [1.54, 1.807) is 0 Å². The second kappa shape index (κ2) is 10.2. The van der Waals surface area contributed by atoms with Gasteiger partial charge in [0.15, 0.2) is 12.2 Å². The molecule has 2 aliphatic rings. The lowest BCUT2D eigenvalue weighted by molar-refractivity contribution is -0.965. The lowest BCUT2D eigenvalue weighted by atomic mass is 9.94. The number of ether oxygens (including phenoxy) is 5. The van der Waals surface area contributed by atoms with E-state index < -0.39 is 54.5 Å². The minimum atomic E-state index is -1.11. The Morgan fingerprint density at radius 2 is 1.27 bits per heavy atom. The molecular weight excluding hydrogens is 398 g/mol. The highest BCUT2D eigenvalue weighted by molar-refractivity contribution is 5.68. The second-order valence-corrected chi connectivity index (χ2v) is 8.08. The Hall–Kier alpha value is -2.20. The molecule has 2 rings (SSSR count). The molecule has 0 N–H and O–H groups in total. The Kier molecular flexibility index (Phi) is 8.19. The number of carbonyl (C=O) groups is 4. The van der Waals surface area contributed by atoms with E-state index in [-0.39, 0.29) is 6.61 Å². The third kappa shape index (κ3) is 6.15. The fraction of sp³-hybridized carbons (Fsp3) is 0.800. The van der Waals surface area contributed by atoms with Crippen molar-refractivity contribution in [1.82, 2.24) is 0 Å². The van der Waals surface area contributed by atoms with E-state index in [1.807, 2.05) is 7.05 Å². The number of carbonyl (C=O) groups excluding carboxylic acids is 4. The summed E-state index contributed by atoms with van der Waals surface area (Å²) in [6.45, 7) is 6.28. The van der Waals surface area contributed by atoms with Crippen LogP contribution in [-0.4, -0.2) is 85.7 Å². The Balaban J connectivity index is 2.47. The fourth-order valence-corrected chi connectivity index (χ4v) is 4.20. The minimum absolute atomic E-state index is 0.200. The summed E-state index contributed by atoms with van der Waals surface area (Å²) in [5.41, 5.74) is 0. The highest BCUT2D eigenvalue weighted by atomic mass is 16.7. The first kappa shape index (κ1) is 24.1. The third-order valence-electron chi connectivity index (χ3n) is 5.42. The molecule has 30 heavy (non-hydrogen) atoms. The van der Waals surface area contributed by atoms with Crippen LogP contribution in [0.5, 0.6) is 0 Å². The smallest absolute Gasteiger partial charge is 0.303 e. The SMILES string of the molecule is CC(=O)OC[C@H]1O[C@@H]([N+]2(C)CCCCC2)[C@H](OC(C)=O)[C@@H](OC(C)=O)[C@@H]1OC(C)=O. The van der Waals surface area contributed by atoms with Crippen LogP contribution in [0.3, 0.4) is 0 Å². The fourth-order valence-electron chi connectivity index (χ4n) is 4.20. The maximum absolute atomic E-state index is 11.9. The molecule has 0 saturated carbocycles. The Labute approximate surface area is 176 Å². The molecule has 170 valence electrons. The average molecular weight is 430 g/mol. The number of piperidine rings is 1. The molecule has 2 fully saturated rings. The molecule has 0 aromatic heterocycles. The summed E-state index contributed by atoms with van der Waals surface area (Å²) in [6, 6.07) is 0. The molecule has 0 aliphatic carbocycles. The first-order valence-corrected chi connectivity index (χ1v) is 10.2. The molecule has 2 heterocycles. The first-order valence-electron chi connectivity index (χ1n) is 10.2. The maximum atomic E-state index is 11.9. The number of likely N-dealkylation sites (N-methyl/N-ethyl adjacent to an activating group) is 1. The van der Waals surface area contributed by atoms with Gasteiger partial charge in [-0.2, -0.15) is 0 Å². The highest BCUT2D eigenvalue weighted by Gasteiger charge is 2.58. The summed E-state index contributed by atoms with van der Waals surface area (Å²) in [6.07, 6.45) is -1.78. The van der Waals surface area contributed by atoms with Gasteiger partial charge in [-0.25, -0.2) is 0 Å². The summed E-state index contributed by atoms with van der Waals surface area (Å²) in [4.78, 5) is 46.9. The molecule has 0 unspecified atom stereocenters. The second-order valence-electron chi connectivity index (χ2n) is 8.08. The number of hydrogen-bond acceptors (Lipinski definition) is 9. The van der Waals surface area contributed by atoms with E-state index >= 15 is 0 Å². The lowest BCUT2D eigenvalue weighted by Gasteiger charge is -2.51. The molecule has 2 aliphatic heterocycles. The topological polar surface area (TPSA) is 114 Å². The van der Waals surface area contributed by atoms with Crippen molar-refractivity contribution in [2.45, 2.75) is 77.6 Å². The van der Waals surface area contributed by atoms with Gasteiger partial charge in [0, 0.05) is 27.7 Å². The zero-order valence-electron chi connectivity index (χ0n) is 18.3. The van der Waals surface area contributed by atoms with Crippen LogP contribution in [0.2, 0.25) is 0 Å². The lowest BCUT2D eigenvalue weighted by Crippen LogP contribution is -2.71. The number of nitrogens with zero attached hydrogens (tertiary/aromatic N) is 1. The van der Waals surface area contributed by atoms with Crippen LogP contribution in [0, 0.1) is 0 Å².